The number of ether oxygens (including phenoxy) is 5. The Kier molecular flexibility index (Phi) is 21.8. The van der Waals surface area contributed by atoms with E-state index in [0.717, 1.165) is 22.3 Å². The summed E-state index contributed by atoms with van der Waals surface area (Å²) in [4.78, 5) is 53.5. The molecular weight excluding hydrogens is 757 g/mol. The quantitative estimate of drug-likeness (QED) is 0.0479. The summed E-state index contributed by atoms with van der Waals surface area (Å²) in [6.45, 7) is 5.66. The number of rotatable bonds is 26. The third-order valence-electron chi connectivity index (χ3n) is 8.74. The number of hydrogen-bond donors (Lipinski definition) is 4. The Bertz CT molecular complexity index is 1510. The van der Waals surface area contributed by atoms with Gasteiger partial charge in [0.1, 0.15) is 26.4 Å². The van der Waals surface area contributed by atoms with Crippen LogP contribution in [-0.4, -0.2) is 113 Å². The fourth-order valence-corrected chi connectivity index (χ4v) is 5.52. The average molecular weight is 813 g/mol. The summed E-state index contributed by atoms with van der Waals surface area (Å²) in [5.41, 5.74) is 3.56. The van der Waals surface area contributed by atoms with Gasteiger partial charge in [0.25, 0.3) is 0 Å². The van der Waals surface area contributed by atoms with Crippen molar-refractivity contribution >= 4 is 24.4 Å². The van der Waals surface area contributed by atoms with Crippen LogP contribution in [0.2, 0.25) is 0 Å². The zero-order chi connectivity index (χ0) is 41.6. The molecule has 4 aromatic rings. The highest BCUT2D eigenvalue weighted by molar-refractivity contribution is 5.68. The molecule has 0 aliphatic heterocycles. The molecule has 0 saturated carbocycles. The Morgan fingerprint density at radius 3 is 0.831 bits per heavy atom. The van der Waals surface area contributed by atoms with Crippen LogP contribution in [0, 0.1) is 0 Å². The maximum absolute atomic E-state index is 12.3. The fourth-order valence-electron chi connectivity index (χ4n) is 5.52. The summed E-state index contributed by atoms with van der Waals surface area (Å²) in [5, 5.41) is 11.1. The molecule has 15 heteroatoms. The molecule has 316 valence electrons. The zero-order valence-electron chi connectivity index (χ0n) is 33.4. The van der Waals surface area contributed by atoms with Crippen LogP contribution in [0.15, 0.2) is 121 Å². The van der Waals surface area contributed by atoms with Crippen LogP contribution in [0.1, 0.15) is 22.3 Å². The van der Waals surface area contributed by atoms with Crippen LogP contribution < -0.4 is 21.3 Å². The number of nitrogens with one attached hydrogen (secondary N) is 4. The summed E-state index contributed by atoms with van der Waals surface area (Å²) in [5.74, 6) is 0. The van der Waals surface area contributed by atoms with Crippen molar-refractivity contribution in [1.82, 2.24) is 31.1 Å². The maximum Gasteiger partial charge on any atom is 0.407 e. The monoisotopic (exact) mass is 812 g/mol. The molecule has 0 aromatic heterocycles. The van der Waals surface area contributed by atoms with Crippen molar-refractivity contribution in [3.8, 4) is 0 Å². The first kappa shape index (κ1) is 45.5. The molecule has 0 aliphatic carbocycles. The van der Waals surface area contributed by atoms with Gasteiger partial charge in [-0.05, 0) is 22.3 Å². The maximum atomic E-state index is 12.3. The first-order valence-corrected chi connectivity index (χ1v) is 19.7. The Labute approximate surface area is 346 Å². The van der Waals surface area contributed by atoms with E-state index in [0.29, 0.717) is 78.7 Å². The molecule has 15 nitrogen and oxygen atoms in total. The van der Waals surface area contributed by atoms with Gasteiger partial charge >= 0.3 is 24.4 Å². The number of benzene rings is 4. The second-order valence-corrected chi connectivity index (χ2v) is 13.2. The number of carbonyl (C=O) groups is 4. The Balaban J connectivity index is 1.20. The molecule has 4 aromatic carbocycles. The normalized spacial score (nSPS) is 10.7. The molecular formula is C44H56N6O9. The number of amides is 4. The van der Waals surface area contributed by atoms with Crippen LogP contribution in [0.25, 0.3) is 0 Å². The highest BCUT2D eigenvalue weighted by atomic mass is 16.6. The molecule has 0 bridgehead atoms. The third kappa shape index (κ3) is 21.3. The zero-order valence-corrected chi connectivity index (χ0v) is 33.4. The van der Waals surface area contributed by atoms with Crippen molar-refractivity contribution in [2.24, 2.45) is 0 Å². The lowest BCUT2D eigenvalue weighted by molar-refractivity contribution is 0.0820. The highest BCUT2D eigenvalue weighted by Crippen LogP contribution is 2.04. The van der Waals surface area contributed by atoms with Crippen LogP contribution >= 0.6 is 0 Å². The molecule has 0 atom stereocenters. The largest absolute Gasteiger partial charge is 0.445 e. The smallest absolute Gasteiger partial charge is 0.407 e. The highest BCUT2D eigenvalue weighted by Gasteiger charge is 2.12. The number of hydrogen-bond acceptors (Lipinski definition) is 11. The summed E-state index contributed by atoms with van der Waals surface area (Å²) in [7, 11) is 0. The van der Waals surface area contributed by atoms with Crippen molar-refractivity contribution in [3.05, 3.63) is 144 Å². The van der Waals surface area contributed by atoms with Gasteiger partial charge in [0, 0.05) is 65.4 Å². The van der Waals surface area contributed by atoms with Gasteiger partial charge in [-0.1, -0.05) is 121 Å². The summed E-state index contributed by atoms with van der Waals surface area (Å²) in [6.07, 6.45) is -2.09. The van der Waals surface area contributed by atoms with Gasteiger partial charge in [-0.15, -0.1) is 0 Å². The van der Waals surface area contributed by atoms with Gasteiger partial charge in [0.05, 0.1) is 13.2 Å². The third-order valence-corrected chi connectivity index (χ3v) is 8.74. The Morgan fingerprint density at radius 2 is 0.593 bits per heavy atom. The molecule has 4 amide bonds. The van der Waals surface area contributed by atoms with Crippen LogP contribution in [0.3, 0.4) is 0 Å². The molecule has 4 rings (SSSR count). The van der Waals surface area contributed by atoms with Gasteiger partial charge in [0.15, 0.2) is 0 Å². The molecule has 0 spiro atoms. The molecule has 59 heavy (non-hydrogen) atoms. The predicted molar refractivity (Wildman–Crippen MR) is 222 cm³/mol. The van der Waals surface area contributed by atoms with E-state index in [1.54, 1.807) is 0 Å². The SMILES string of the molecule is O=C(NCCN(CCNC(=O)OCc1ccccc1)CCOCCN(CCNC(=O)OCc1ccccc1)CCNC(=O)OCc1ccccc1)OCc1ccccc1. The van der Waals surface area contributed by atoms with E-state index in [4.69, 9.17) is 23.7 Å². The fraction of sp³-hybridized carbons (Fsp3) is 0.364. The van der Waals surface area contributed by atoms with Crippen molar-refractivity contribution in [2.75, 3.05) is 78.7 Å². The second-order valence-electron chi connectivity index (χ2n) is 13.2. The lowest BCUT2D eigenvalue weighted by Crippen LogP contribution is -2.42. The van der Waals surface area contributed by atoms with Crippen molar-refractivity contribution < 1.29 is 42.9 Å². The molecule has 0 aliphatic rings. The first-order valence-electron chi connectivity index (χ1n) is 19.7. The van der Waals surface area contributed by atoms with E-state index < -0.39 is 24.4 Å². The minimum absolute atomic E-state index is 0.166. The Hall–Kier alpha value is -6.16. The molecule has 0 radical (unpaired) electrons. The van der Waals surface area contributed by atoms with E-state index in [2.05, 4.69) is 31.1 Å². The first-order chi connectivity index (χ1) is 28.9. The van der Waals surface area contributed by atoms with Crippen LogP contribution in [0.4, 0.5) is 19.2 Å². The van der Waals surface area contributed by atoms with E-state index in [-0.39, 0.29) is 26.4 Å². The average Bonchev–Trinajstić information content (AvgIpc) is 3.27. The summed E-state index contributed by atoms with van der Waals surface area (Å²) < 4.78 is 27.4. The molecule has 0 fully saturated rings. The van der Waals surface area contributed by atoms with E-state index in [1.165, 1.54) is 0 Å². The summed E-state index contributed by atoms with van der Waals surface area (Å²) in [6, 6.07) is 37.7. The van der Waals surface area contributed by atoms with Gasteiger partial charge in [-0.2, -0.15) is 0 Å². The molecule has 0 saturated heterocycles. The number of nitrogens with zero attached hydrogens (tertiary/aromatic N) is 2. The van der Waals surface area contributed by atoms with Crippen molar-refractivity contribution in [3.63, 3.8) is 0 Å². The number of alkyl carbamates (subject to hydrolysis) is 4. The topological polar surface area (TPSA) is 169 Å². The lowest BCUT2D eigenvalue weighted by atomic mass is 10.2. The van der Waals surface area contributed by atoms with Gasteiger partial charge < -0.3 is 45.0 Å². The van der Waals surface area contributed by atoms with E-state index in [9.17, 15) is 19.2 Å². The van der Waals surface area contributed by atoms with E-state index >= 15 is 0 Å². The molecule has 0 unspecified atom stereocenters. The van der Waals surface area contributed by atoms with Gasteiger partial charge in [0.2, 0.25) is 0 Å². The van der Waals surface area contributed by atoms with E-state index in [1.807, 2.05) is 121 Å². The summed E-state index contributed by atoms with van der Waals surface area (Å²) >= 11 is 0. The van der Waals surface area contributed by atoms with Crippen LogP contribution in [-0.2, 0) is 50.1 Å². The van der Waals surface area contributed by atoms with Crippen molar-refractivity contribution in [1.29, 1.82) is 0 Å². The standard InChI is InChI=1S/C44H56N6O9/c51-41(56-33-37-13-5-1-6-14-37)45-21-25-49(26-22-46-42(52)57-34-38-15-7-2-8-16-38)29-31-55-32-30-50(27-23-47-43(53)58-35-39-17-9-3-10-18-39)28-24-48-44(54)59-36-40-19-11-4-12-20-40/h1-20H,21-36H2,(H,45,51)(H,46,52)(H,47,53)(H,48,54). The van der Waals surface area contributed by atoms with Gasteiger partial charge in [-0.25, -0.2) is 19.2 Å². The minimum Gasteiger partial charge on any atom is -0.445 e. The minimum atomic E-state index is -0.523. The Morgan fingerprint density at radius 1 is 0.356 bits per heavy atom. The molecule has 0 heterocycles. The second kappa shape index (κ2) is 28.3. The van der Waals surface area contributed by atoms with Crippen LogP contribution in [0.5, 0.6) is 0 Å². The molecule has 4 N–H and O–H groups in total. The lowest BCUT2D eigenvalue weighted by Gasteiger charge is -2.24. The van der Waals surface area contributed by atoms with Crippen molar-refractivity contribution in [2.45, 2.75) is 26.4 Å². The van der Waals surface area contributed by atoms with Gasteiger partial charge in [-0.3, -0.25) is 9.80 Å². The predicted octanol–water partition coefficient (Wildman–Crippen LogP) is 5.31. The number of carbonyl (C=O) groups excluding carboxylic acids is 4.